The fourth-order valence-corrected chi connectivity index (χ4v) is 1.92. The lowest BCUT2D eigenvalue weighted by Crippen LogP contribution is -2.03. The summed E-state index contributed by atoms with van der Waals surface area (Å²) in [4.78, 5) is 11.3. The summed E-state index contributed by atoms with van der Waals surface area (Å²) in [5.74, 6) is -0.674. The van der Waals surface area contributed by atoms with E-state index in [0.717, 1.165) is 5.56 Å². The molecule has 0 bridgehead atoms. The highest BCUT2D eigenvalue weighted by atomic mass is 35.5. The SMILES string of the molecule is COc1cccc(-c2ccc(Cl)cc2)c1C(=O)O. The quantitative estimate of drug-likeness (QED) is 0.917. The summed E-state index contributed by atoms with van der Waals surface area (Å²) in [6.45, 7) is 0. The average molecular weight is 263 g/mol. The van der Waals surface area contributed by atoms with E-state index < -0.39 is 5.97 Å². The third-order valence-electron chi connectivity index (χ3n) is 2.62. The van der Waals surface area contributed by atoms with Crippen LogP contribution in [0, 0.1) is 0 Å². The van der Waals surface area contributed by atoms with Crippen molar-refractivity contribution in [3.05, 3.63) is 53.1 Å². The van der Waals surface area contributed by atoms with Gasteiger partial charge in [-0.2, -0.15) is 0 Å². The van der Waals surface area contributed by atoms with Crippen molar-refractivity contribution in [3.63, 3.8) is 0 Å². The summed E-state index contributed by atoms with van der Waals surface area (Å²) < 4.78 is 5.09. The van der Waals surface area contributed by atoms with Gasteiger partial charge in [0.1, 0.15) is 11.3 Å². The number of hydrogen-bond acceptors (Lipinski definition) is 2. The molecule has 0 aliphatic rings. The molecule has 4 heteroatoms. The number of carboxylic acids is 1. The second-order valence-electron chi connectivity index (χ2n) is 3.69. The summed E-state index contributed by atoms with van der Waals surface area (Å²) in [7, 11) is 1.45. The first-order valence-corrected chi connectivity index (χ1v) is 5.67. The third-order valence-corrected chi connectivity index (χ3v) is 2.87. The van der Waals surface area contributed by atoms with Crippen molar-refractivity contribution in [2.75, 3.05) is 7.11 Å². The zero-order valence-corrected chi connectivity index (χ0v) is 10.4. The van der Waals surface area contributed by atoms with Gasteiger partial charge in [0, 0.05) is 5.02 Å². The van der Waals surface area contributed by atoms with Gasteiger partial charge in [-0.1, -0.05) is 35.9 Å². The van der Waals surface area contributed by atoms with Crippen molar-refractivity contribution in [2.24, 2.45) is 0 Å². The van der Waals surface area contributed by atoms with Crippen molar-refractivity contribution < 1.29 is 14.6 Å². The predicted octanol–water partition coefficient (Wildman–Crippen LogP) is 3.71. The molecule has 1 N–H and O–H groups in total. The molecule has 0 fully saturated rings. The predicted molar refractivity (Wildman–Crippen MR) is 70.4 cm³/mol. The molecule has 0 atom stereocenters. The normalized spacial score (nSPS) is 10.1. The minimum absolute atomic E-state index is 0.155. The number of benzene rings is 2. The van der Waals surface area contributed by atoms with Gasteiger partial charge in [-0.3, -0.25) is 0 Å². The van der Waals surface area contributed by atoms with Crippen LogP contribution >= 0.6 is 11.6 Å². The van der Waals surface area contributed by atoms with Gasteiger partial charge >= 0.3 is 5.97 Å². The molecule has 2 aromatic carbocycles. The van der Waals surface area contributed by atoms with Gasteiger partial charge in [0.05, 0.1) is 7.11 Å². The van der Waals surface area contributed by atoms with E-state index in [2.05, 4.69) is 0 Å². The lowest BCUT2D eigenvalue weighted by atomic mass is 9.99. The van der Waals surface area contributed by atoms with Crippen LogP contribution in [0.3, 0.4) is 0 Å². The Labute approximate surface area is 110 Å². The van der Waals surface area contributed by atoms with Crippen molar-refractivity contribution in [3.8, 4) is 16.9 Å². The van der Waals surface area contributed by atoms with E-state index in [9.17, 15) is 9.90 Å². The molecule has 2 rings (SSSR count). The summed E-state index contributed by atoms with van der Waals surface area (Å²) in [6, 6.07) is 12.1. The molecule has 0 aliphatic carbocycles. The molecule has 0 spiro atoms. The highest BCUT2D eigenvalue weighted by molar-refractivity contribution is 6.30. The Bertz CT molecular complexity index is 576. The summed E-state index contributed by atoms with van der Waals surface area (Å²) in [6.07, 6.45) is 0. The molecular weight excluding hydrogens is 252 g/mol. The van der Waals surface area contributed by atoms with Crippen LogP contribution in [-0.4, -0.2) is 18.2 Å². The van der Waals surface area contributed by atoms with Gasteiger partial charge in [-0.15, -0.1) is 0 Å². The van der Waals surface area contributed by atoms with Crippen molar-refractivity contribution in [1.82, 2.24) is 0 Å². The Hall–Kier alpha value is -2.00. The van der Waals surface area contributed by atoms with Crippen LogP contribution in [0.1, 0.15) is 10.4 Å². The number of hydrogen-bond donors (Lipinski definition) is 1. The number of ether oxygens (including phenoxy) is 1. The number of rotatable bonds is 3. The van der Waals surface area contributed by atoms with Gasteiger partial charge < -0.3 is 9.84 Å². The van der Waals surface area contributed by atoms with Crippen LogP contribution in [0.25, 0.3) is 11.1 Å². The van der Waals surface area contributed by atoms with E-state index in [1.807, 2.05) is 0 Å². The molecule has 0 heterocycles. The minimum Gasteiger partial charge on any atom is -0.496 e. The van der Waals surface area contributed by atoms with Crippen LogP contribution in [0.15, 0.2) is 42.5 Å². The summed E-state index contributed by atoms with van der Waals surface area (Å²) in [5, 5.41) is 9.90. The Kier molecular flexibility index (Phi) is 3.53. The van der Waals surface area contributed by atoms with Gasteiger partial charge in [-0.25, -0.2) is 4.79 Å². The molecule has 0 unspecified atom stereocenters. The number of carbonyl (C=O) groups is 1. The summed E-state index contributed by atoms with van der Waals surface area (Å²) >= 11 is 5.82. The summed E-state index contributed by atoms with van der Waals surface area (Å²) in [5.41, 5.74) is 1.55. The first-order chi connectivity index (χ1) is 8.63. The maximum Gasteiger partial charge on any atom is 0.340 e. The molecule has 0 saturated carbocycles. The van der Waals surface area contributed by atoms with E-state index in [1.54, 1.807) is 42.5 Å². The molecule has 3 nitrogen and oxygen atoms in total. The monoisotopic (exact) mass is 262 g/mol. The lowest BCUT2D eigenvalue weighted by molar-refractivity contribution is 0.0694. The van der Waals surface area contributed by atoms with Gasteiger partial charge in [0.2, 0.25) is 0 Å². The number of carboxylic acid groups (broad SMARTS) is 1. The maximum atomic E-state index is 11.3. The van der Waals surface area contributed by atoms with E-state index >= 15 is 0 Å². The van der Waals surface area contributed by atoms with Gasteiger partial charge in [0.15, 0.2) is 0 Å². The van der Waals surface area contributed by atoms with Crippen molar-refractivity contribution in [1.29, 1.82) is 0 Å². The van der Waals surface area contributed by atoms with Crippen LogP contribution in [0.2, 0.25) is 5.02 Å². The molecule has 2 aromatic rings. The van der Waals surface area contributed by atoms with Gasteiger partial charge in [-0.05, 0) is 29.3 Å². The molecule has 0 saturated heterocycles. The second kappa shape index (κ2) is 5.10. The van der Waals surface area contributed by atoms with E-state index in [1.165, 1.54) is 7.11 Å². The fraction of sp³-hybridized carbons (Fsp3) is 0.0714. The fourth-order valence-electron chi connectivity index (χ4n) is 1.79. The maximum absolute atomic E-state index is 11.3. The third kappa shape index (κ3) is 2.31. The standard InChI is InChI=1S/C14H11ClO3/c1-18-12-4-2-3-11(13(12)14(16)17)9-5-7-10(15)8-6-9/h2-8H,1H3,(H,16,17). The Morgan fingerprint density at radius 3 is 2.39 bits per heavy atom. The molecule has 0 radical (unpaired) electrons. The highest BCUT2D eigenvalue weighted by Crippen LogP contribution is 2.31. The number of halogens is 1. The smallest absolute Gasteiger partial charge is 0.340 e. The largest absolute Gasteiger partial charge is 0.496 e. The molecule has 0 aromatic heterocycles. The molecule has 0 aliphatic heterocycles. The number of aromatic carboxylic acids is 1. The zero-order chi connectivity index (χ0) is 13.1. The van der Waals surface area contributed by atoms with Crippen LogP contribution in [0.5, 0.6) is 5.75 Å². The number of methoxy groups -OCH3 is 1. The molecular formula is C14H11ClO3. The van der Waals surface area contributed by atoms with Crippen molar-refractivity contribution >= 4 is 17.6 Å². The topological polar surface area (TPSA) is 46.5 Å². The first kappa shape index (κ1) is 12.5. The molecule has 0 amide bonds. The average Bonchev–Trinajstić information content (AvgIpc) is 2.38. The van der Waals surface area contributed by atoms with Crippen LogP contribution in [0.4, 0.5) is 0 Å². The second-order valence-corrected chi connectivity index (χ2v) is 4.13. The Balaban J connectivity index is 2.63. The lowest BCUT2D eigenvalue weighted by Gasteiger charge is -2.10. The van der Waals surface area contributed by atoms with E-state index in [0.29, 0.717) is 16.3 Å². The van der Waals surface area contributed by atoms with Gasteiger partial charge in [0.25, 0.3) is 0 Å². The van der Waals surface area contributed by atoms with E-state index in [-0.39, 0.29) is 5.56 Å². The highest BCUT2D eigenvalue weighted by Gasteiger charge is 2.17. The molecule has 18 heavy (non-hydrogen) atoms. The minimum atomic E-state index is -1.02. The van der Waals surface area contributed by atoms with Crippen molar-refractivity contribution in [2.45, 2.75) is 0 Å². The van der Waals surface area contributed by atoms with E-state index in [4.69, 9.17) is 16.3 Å². The van der Waals surface area contributed by atoms with Crippen LogP contribution in [-0.2, 0) is 0 Å². The zero-order valence-electron chi connectivity index (χ0n) is 9.68. The molecule has 92 valence electrons. The Morgan fingerprint density at radius 2 is 1.83 bits per heavy atom. The Morgan fingerprint density at radius 1 is 1.17 bits per heavy atom. The van der Waals surface area contributed by atoms with Crippen LogP contribution < -0.4 is 4.74 Å². The first-order valence-electron chi connectivity index (χ1n) is 5.29.